The molecule has 0 spiro atoms. The normalized spacial score (nSPS) is 34.1. The Hall–Kier alpha value is -1.30. The van der Waals surface area contributed by atoms with E-state index >= 15 is 0 Å². The van der Waals surface area contributed by atoms with E-state index in [9.17, 15) is 4.79 Å². The molecule has 0 aromatic carbocycles. The minimum absolute atomic E-state index is 0.0347. The van der Waals surface area contributed by atoms with Gasteiger partial charge in [0, 0.05) is 5.41 Å². The average Bonchev–Trinajstić information content (AvgIpc) is 2.46. The minimum atomic E-state index is -0.357. The Morgan fingerprint density at radius 1 is 1.44 bits per heavy atom. The van der Waals surface area contributed by atoms with Gasteiger partial charge >= 0.3 is 0 Å². The van der Waals surface area contributed by atoms with Gasteiger partial charge in [-0.25, -0.2) is 10.4 Å². The van der Waals surface area contributed by atoms with Crippen molar-refractivity contribution in [2.45, 2.75) is 46.3 Å². The predicted molar refractivity (Wildman–Crippen MR) is 61.0 cm³/mol. The van der Waals surface area contributed by atoms with Crippen LogP contribution in [0.25, 0.3) is 0 Å². The first kappa shape index (κ1) is 11.2. The lowest BCUT2D eigenvalue weighted by Crippen LogP contribution is -2.72. The van der Waals surface area contributed by atoms with Gasteiger partial charge in [0.25, 0.3) is 0 Å². The number of hydrazone groups is 1. The molecule has 2 aliphatic rings. The number of hydrogen-bond donors (Lipinski definition) is 3. The summed E-state index contributed by atoms with van der Waals surface area (Å²) in [4.78, 5) is 11.5. The van der Waals surface area contributed by atoms with E-state index in [0.29, 0.717) is 5.96 Å². The van der Waals surface area contributed by atoms with Gasteiger partial charge in [-0.1, -0.05) is 20.8 Å². The molecule has 2 aliphatic heterocycles. The molecule has 0 saturated carbocycles. The lowest BCUT2D eigenvalue weighted by atomic mass is 9.81. The molecule has 16 heavy (non-hydrogen) atoms. The number of guanidine groups is 1. The summed E-state index contributed by atoms with van der Waals surface area (Å²) < 4.78 is 0. The number of amides is 1. The summed E-state index contributed by atoms with van der Waals surface area (Å²) in [6.45, 7) is 10.3. The second-order valence-electron chi connectivity index (χ2n) is 5.54. The molecule has 6 nitrogen and oxygen atoms in total. The van der Waals surface area contributed by atoms with Crippen LogP contribution in [0.15, 0.2) is 5.10 Å². The number of nitrogens with one attached hydrogen (secondary N) is 3. The molecule has 90 valence electrons. The van der Waals surface area contributed by atoms with E-state index in [2.05, 4.69) is 49.0 Å². The van der Waals surface area contributed by atoms with E-state index in [1.54, 1.807) is 0 Å². The van der Waals surface area contributed by atoms with Gasteiger partial charge in [0.05, 0.1) is 0 Å². The van der Waals surface area contributed by atoms with Crippen LogP contribution in [0.1, 0.15) is 34.6 Å². The van der Waals surface area contributed by atoms with E-state index in [0.717, 1.165) is 0 Å². The zero-order valence-corrected chi connectivity index (χ0v) is 10.4. The van der Waals surface area contributed by atoms with Gasteiger partial charge in [0.2, 0.25) is 11.9 Å². The quantitative estimate of drug-likeness (QED) is 0.540. The third-order valence-corrected chi connectivity index (χ3v) is 3.45. The molecular formula is C10H19N5O. The fraction of sp³-hybridized carbons (Fsp3) is 0.800. The van der Waals surface area contributed by atoms with Crippen LogP contribution in [-0.4, -0.2) is 28.6 Å². The standard InChI is InChI=1S/C10H19N5O/c1-6-7(16)11-8-12-14-10(5,9(2,3)4)15(8)13-6/h6,13-14H,1-5H3,(H,11,12,16). The summed E-state index contributed by atoms with van der Waals surface area (Å²) in [6, 6.07) is -0.250. The Kier molecular flexibility index (Phi) is 2.17. The van der Waals surface area contributed by atoms with Gasteiger partial charge in [-0.3, -0.25) is 15.5 Å². The monoisotopic (exact) mass is 225 g/mol. The topological polar surface area (TPSA) is 68.8 Å². The number of carbonyl (C=O) groups excluding carboxylic acids is 1. The maximum Gasteiger partial charge on any atom is 0.245 e. The maximum absolute atomic E-state index is 11.5. The second kappa shape index (κ2) is 3.10. The highest BCUT2D eigenvalue weighted by Gasteiger charge is 2.51. The van der Waals surface area contributed by atoms with Crippen LogP contribution in [-0.2, 0) is 4.79 Å². The molecule has 2 unspecified atom stereocenters. The van der Waals surface area contributed by atoms with Gasteiger partial charge in [0.1, 0.15) is 11.7 Å². The Bertz CT molecular complexity index is 359. The van der Waals surface area contributed by atoms with E-state index in [-0.39, 0.29) is 23.0 Å². The lowest BCUT2D eigenvalue weighted by Gasteiger charge is -2.47. The molecule has 0 aliphatic carbocycles. The van der Waals surface area contributed by atoms with Crippen molar-refractivity contribution >= 4 is 11.9 Å². The molecule has 3 N–H and O–H groups in total. The molecule has 0 bridgehead atoms. The molecular weight excluding hydrogens is 206 g/mol. The van der Waals surface area contributed by atoms with Crippen LogP contribution in [0.5, 0.6) is 0 Å². The molecule has 0 aromatic heterocycles. The smallest absolute Gasteiger partial charge is 0.245 e. The van der Waals surface area contributed by atoms with Crippen molar-refractivity contribution in [3.05, 3.63) is 0 Å². The molecule has 0 radical (unpaired) electrons. The van der Waals surface area contributed by atoms with Gasteiger partial charge in [-0.2, -0.15) is 0 Å². The van der Waals surface area contributed by atoms with Crippen LogP contribution in [0.4, 0.5) is 0 Å². The minimum Gasteiger partial charge on any atom is -0.292 e. The second-order valence-corrected chi connectivity index (χ2v) is 5.54. The van der Waals surface area contributed by atoms with E-state index in [1.165, 1.54) is 0 Å². The molecule has 2 atom stereocenters. The van der Waals surface area contributed by atoms with Gasteiger partial charge in [-0.05, 0) is 13.8 Å². The molecule has 2 rings (SSSR count). The lowest BCUT2D eigenvalue weighted by molar-refractivity contribution is -0.126. The summed E-state index contributed by atoms with van der Waals surface area (Å²) in [6.07, 6.45) is 0. The van der Waals surface area contributed by atoms with Crippen LogP contribution >= 0.6 is 0 Å². The van der Waals surface area contributed by atoms with Crippen molar-refractivity contribution in [1.29, 1.82) is 0 Å². The Morgan fingerprint density at radius 2 is 2.06 bits per heavy atom. The summed E-state index contributed by atoms with van der Waals surface area (Å²) in [5.74, 6) is 0.482. The molecule has 1 fully saturated rings. The van der Waals surface area contributed by atoms with Crippen LogP contribution in [0, 0.1) is 5.41 Å². The van der Waals surface area contributed by atoms with Crippen molar-refractivity contribution in [3.63, 3.8) is 0 Å². The Morgan fingerprint density at radius 3 is 2.62 bits per heavy atom. The fourth-order valence-electron chi connectivity index (χ4n) is 1.72. The number of carbonyl (C=O) groups is 1. The van der Waals surface area contributed by atoms with Crippen molar-refractivity contribution < 1.29 is 4.79 Å². The van der Waals surface area contributed by atoms with E-state index in [1.807, 2.05) is 11.9 Å². The highest BCUT2D eigenvalue weighted by Crippen LogP contribution is 2.35. The van der Waals surface area contributed by atoms with E-state index in [4.69, 9.17) is 0 Å². The Labute approximate surface area is 95.4 Å². The highest BCUT2D eigenvalue weighted by molar-refractivity contribution is 6.01. The first-order valence-corrected chi connectivity index (χ1v) is 5.48. The summed E-state index contributed by atoms with van der Waals surface area (Å²) in [7, 11) is 0. The van der Waals surface area contributed by atoms with Crippen LogP contribution in [0.2, 0.25) is 0 Å². The molecule has 0 aromatic rings. The molecule has 1 amide bonds. The highest BCUT2D eigenvalue weighted by atomic mass is 16.2. The number of hydrogen-bond acceptors (Lipinski definition) is 5. The summed E-state index contributed by atoms with van der Waals surface area (Å²) >= 11 is 0. The fourth-order valence-corrected chi connectivity index (χ4v) is 1.72. The van der Waals surface area contributed by atoms with Gasteiger partial charge in [0.15, 0.2) is 0 Å². The third-order valence-electron chi connectivity index (χ3n) is 3.45. The number of hydrazine groups is 1. The first-order valence-electron chi connectivity index (χ1n) is 5.48. The van der Waals surface area contributed by atoms with Crippen molar-refractivity contribution in [2.75, 3.05) is 0 Å². The third kappa shape index (κ3) is 1.36. The van der Waals surface area contributed by atoms with Gasteiger partial charge < -0.3 is 0 Å². The van der Waals surface area contributed by atoms with Crippen LogP contribution < -0.4 is 16.2 Å². The zero-order valence-electron chi connectivity index (χ0n) is 10.4. The molecule has 1 saturated heterocycles. The first-order chi connectivity index (χ1) is 7.25. The predicted octanol–water partition coefficient (Wildman–Crippen LogP) is -0.0522. The van der Waals surface area contributed by atoms with Crippen LogP contribution in [0.3, 0.4) is 0 Å². The maximum atomic E-state index is 11.5. The average molecular weight is 225 g/mol. The number of fused-ring (bicyclic) bond motifs is 1. The molecule has 2 heterocycles. The molecule has 6 heteroatoms. The Balaban J connectivity index is 2.29. The van der Waals surface area contributed by atoms with E-state index < -0.39 is 0 Å². The van der Waals surface area contributed by atoms with Crippen molar-refractivity contribution in [2.24, 2.45) is 10.5 Å². The van der Waals surface area contributed by atoms with Gasteiger partial charge in [-0.15, -0.1) is 5.10 Å². The number of rotatable bonds is 0. The summed E-state index contributed by atoms with van der Waals surface area (Å²) in [5, 5.41) is 8.83. The number of nitrogens with zero attached hydrogens (tertiary/aromatic N) is 2. The largest absolute Gasteiger partial charge is 0.292 e. The van der Waals surface area contributed by atoms with Crippen molar-refractivity contribution in [1.82, 2.24) is 21.2 Å². The van der Waals surface area contributed by atoms with Crippen molar-refractivity contribution in [3.8, 4) is 0 Å². The zero-order chi connectivity index (χ0) is 12.1. The SMILES string of the molecule is CC1NN2C(=NNC2(C)C(C)(C)C)NC1=O. The summed E-state index contributed by atoms with van der Waals surface area (Å²) in [5.41, 5.74) is 5.85.